The second kappa shape index (κ2) is 9.42. The van der Waals surface area contributed by atoms with Crippen LogP contribution in [0.15, 0.2) is 48.5 Å². The van der Waals surface area contributed by atoms with E-state index in [0.29, 0.717) is 31.1 Å². The summed E-state index contributed by atoms with van der Waals surface area (Å²) in [5.41, 5.74) is 4.39. The Bertz CT molecular complexity index is 647. The number of benzene rings is 2. The quantitative estimate of drug-likeness (QED) is 0.730. The number of hydrogen-bond acceptors (Lipinski definition) is 4. The number of amides is 2. The molecule has 0 fully saturated rings. The van der Waals surface area contributed by atoms with Crippen molar-refractivity contribution in [1.29, 1.82) is 0 Å². The molecule has 2 aromatic carbocycles. The van der Waals surface area contributed by atoms with E-state index in [-0.39, 0.29) is 6.03 Å². The van der Waals surface area contributed by atoms with E-state index in [0.717, 1.165) is 11.1 Å². The summed E-state index contributed by atoms with van der Waals surface area (Å²) in [6, 6.07) is 14.9. The van der Waals surface area contributed by atoms with Gasteiger partial charge in [-0.2, -0.15) is 0 Å². The van der Waals surface area contributed by atoms with Gasteiger partial charge in [-0.3, -0.25) is 4.84 Å². The molecule has 0 atom stereocenters. The minimum atomic E-state index is -0.369. The average Bonchev–Trinajstić information content (AvgIpc) is 2.62. The third-order valence-electron chi connectivity index (χ3n) is 3.39. The van der Waals surface area contributed by atoms with Crippen LogP contribution in [0.3, 0.4) is 0 Å². The molecule has 6 nitrogen and oxygen atoms in total. The van der Waals surface area contributed by atoms with Crippen molar-refractivity contribution in [2.24, 2.45) is 0 Å². The predicted molar refractivity (Wildman–Crippen MR) is 91.0 cm³/mol. The molecule has 0 heterocycles. The van der Waals surface area contributed by atoms with Gasteiger partial charge in [0.1, 0.15) is 0 Å². The minimum Gasteiger partial charge on any atom is -0.493 e. The van der Waals surface area contributed by atoms with E-state index in [4.69, 9.17) is 14.3 Å². The molecule has 0 radical (unpaired) electrons. The van der Waals surface area contributed by atoms with Crippen LogP contribution < -0.4 is 20.3 Å². The van der Waals surface area contributed by atoms with Crippen LogP contribution in [-0.4, -0.2) is 26.8 Å². The summed E-state index contributed by atoms with van der Waals surface area (Å²) in [5.74, 6) is 1.35. The van der Waals surface area contributed by atoms with E-state index in [1.807, 2.05) is 48.5 Å². The van der Waals surface area contributed by atoms with Crippen molar-refractivity contribution >= 4 is 6.03 Å². The highest BCUT2D eigenvalue weighted by Crippen LogP contribution is 2.27. The van der Waals surface area contributed by atoms with Gasteiger partial charge in [-0.15, -0.1) is 0 Å². The molecule has 0 aromatic heterocycles. The fourth-order valence-electron chi connectivity index (χ4n) is 2.15. The van der Waals surface area contributed by atoms with Gasteiger partial charge in [0, 0.05) is 6.54 Å². The van der Waals surface area contributed by atoms with Crippen molar-refractivity contribution in [2.45, 2.75) is 13.0 Å². The third kappa shape index (κ3) is 5.48. The first-order valence-electron chi connectivity index (χ1n) is 7.63. The van der Waals surface area contributed by atoms with Gasteiger partial charge in [0.25, 0.3) is 0 Å². The van der Waals surface area contributed by atoms with Gasteiger partial charge < -0.3 is 14.8 Å². The van der Waals surface area contributed by atoms with Crippen LogP contribution in [0.1, 0.15) is 11.1 Å². The first-order chi connectivity index (χ1) is 11.7. The Morgan fingerprint density at radius 1 is 0.958 bits per heavy atom. The van der Waals surface area contributed by atoms with Gasteiger partial charge in [-0.25, -0.2) is 10.3 Å². The highest BCUT2D eigenvalue weighted by Gasteiger charge is 2.05. The third-order valence-corrected chi connectivity index (χ3v) is 3.39. The second-order valence-electron chi connectivity index (χ2n) is 5.07. The highest BCUT2D eigenvalue weighted by molar-refractivity contribution is 5.72. The molecule has 2 N–H and O–H groups in total. The SMILES string of the molecule is COc1ccc(CCNC(=O)NOCc2ccccc2)cc1OC. The van der Waals surface area contributed by atoms with E-state index >= 15 is 0 Å². The zero-order valence-electron chi connectivity index (χ0n) is 13.9. The van der Waals surface area contributed by atoms with Crippen LogP contribution in [0.5, 0.6) is 11.5 Å². The molecular weight excluding hydrogens is 308 g/mol. The van der Waals surface area contributed by atoms with Gasteiger partial charge in [-0.1, -0.05) is 36.4 Å². The van der Waals surface area contributed by atoms with Gasteiger partial charge in [0.2, 0.25) is 0 Å². The van der Waals surface area contributed by atoms with Crippen molar-refractivity contribution < 1.29 is 19.1 Å². The van der Waals surface area contributed by atoms with E-state index < -0.39 is 0 Å². The molecule has 0 bridgehead atoms. The van der Waals surface area contributed by atoms with Gasteiger partial charge in [0.05, 0.1) is 20.8 Å². The maximum Gasteiger partial charge on any atom is 0.338 e. The summed E-state index contributed by atoms with van der Waals surface area (Å²) in [6.07, 6.45) is 0.673. The fourth-order valence-corrected chi connectivity index (χ4v) is 2.15. The van der Waals surface area contributed by atoms with Crippen LogP contribution in [0.25, 0.3) is 0 Å². The van der Waals surface area contributed by atoms with Gasteiger partial charge in [-0.05, 0) is 29.7 Å². The van der Waals surface area contributed by atoms with Crippen LogP contribution in [0.4, 0.5) is 4.79 Å². The minimum absolute atomic E-state index is 0.323. The molecule has 0 unspecified atom stereocenters. The molecule has 0 saturated heterocycles. The molecule has 128 valence electrons. The number of carbonyl (C=O) groups is 1. The number of ether oxygens (including phenoxy) is 2. The van der Waals surface area contributed by atoms with Gasteiger partial charge in [0.15, 0.2) is 11.5 Å². The van der Waals surface area contributed by atoms with Crippen molar-refractivity contribution in [3.05, 3.63) is 59.7 Å². The Morgan fingerprint density at radius 3 is 2.42 bits per heavy atom. The smallest absolute Gasteiger partial charge is 0.338 e. The summed E-state index contributed by atoms with van der Waals surface area (Å²) in [4.78, 5) is 16.8. The second-order valence-corrected chi connectivity index (χ2v) is 5.07. The summed E-state index contributed by atoms with van der Waals surface area (Å²) in [6.45, 7) is 0.806. The number of nitrogens with one attached hydrogen (secondary N) is 2. The zero-order valence-corrected chi connectivity index (χ0v) is 13.9. The number of rotatable bonds is 8. The van der Waals surface area contributed by atoms with Crippen molar-refractivity contribution in [3.63, 3.8) is 0 Å². The van der Waals surface area contributed by atoms with Crippen molar-refractivity contribution in [2.75, 3.05) is 20.8 Å². The molecule has 24 heavy (non-hydrogen) atoms. The number of carbonyl (C=O) groups excluding carboxylic acids is 1. The number of urea groups is 1. The molecule has 6 heteroatoms. The topological polar surface area (TPSA) is 68.8 Å². The molecule has 0 aliphatic heterocycles. The molecular formula is C18H22N2O4. The lowest BCUT2D eigenvalue weighted by Gasteiger charge is -2.10. The summed E-state index contributed by atoms with van der Waals surface area (Å²) in [7, 11) is 3.19. The van der Waals surface area contributed by atoms with Crippen molar-refractivity contribution in [1.82, 2.24) is 10.8 Å². The molecule has 0 aliphatic carbocycles. The Hall–Kier alpha value is -2.73. The molecule has 2 rings (SSSR count). The molecule has 2 aromatic rings. The normalized spacial score (nSPS) is 10.1. The lowest BCUT2D eigenvalue weighted by Crippen LogP contribution is -2.36. The zero-order chi connectivity index (χ0) is 17.2. The van der Waals surface area contributed by atoms with Crippen LogP contribution in [-0.2, 0) is 17.9 Å². The predicted octanol–water partition coefficient (Wildman–Crippen LogP) is 2.68. The number of methoxy groups -OCH3 is 2. The highest BCUT2D eigenvalue weighted by atomic mass is 16.7. The molecule has 0 saturated carbocycles. The average molecular weight is 330 g/mol. The summed E-state index contributed by atoms with van der Waals surface area (Å²) < 4.78 is 10.4. The van der Waals surface area contributed by atoms with Crippen LogP contribution in [0, 0.1) is 0 Å². The van der Waals surface area contributed by atoms with E-state index in [1.165, 1.54) is 0 Å². The van der Waals surface area contributed by atoms with Crippen molar-refractivity contribution in [3.8, 4) is 11.5 Å². The molecule has 2 amide bonds. The van der Waals surface area contributed by atoms with Crippen LogP contribution in [0.2, 0.25) is 0 Å². The maximum atomic E-state index is 11.7. The van der Waals surface area contributed by atoms with Crippen LogP contribution >= 0.6 is 0 Å². The Balaban J connectivity index is 1.69. The number of hydrogen-bond donors (Lipinski definition) is 2. The lowest BCUT2D eigenvalue weighted by atomic mass is 10.1. The fraction of sp³-hybridized carbons (Fsp3) is 0.278. The Morgan fingerprint density at radius 2 is 1.71 bits per heavy atom. The van der Waals surface area contributed by atoms with E-state index in [1.54, 1.807) is 14.2 Å². The van der Waals surface area contributed by atoms with Gasteiger partial charge >= 0.3 is 6.03 Å². The molecule has 0 spiro atoms. The monoisotopic (exact) mass is 330 g/mol. The first kappa shape index (κ1) is 17.6. The van der Waals surface area contributed by atoms with E-state index in [9.17, 15) is 4.79 Å². The standard InChI is InChI=1S/C18H22N2O4/c1-22-16-9-8-14(12-17(16)23-2)10-11-19-18(21)20-24-13-15-6-4-3-5-7-15/h3-9,12H,10-11,13H2,1-2H3,(H2,19,20,21). The largest absolute Gasteiger partial charge is 0.493 e. The maximum absolute atomic E-state index is 11.7. The Kier molecular flexibility index (Phi) is 6.91. The Labute approximate surface area is 141 Å². The summed E-state index contributed by atoms with van der Waals surface area (Å²) in [5, 5.41) is 2.74. The molecule has 0 aliphatic rings. The number of hydroxylamine groups is 1. The first-order valence-corrected chi connectivity index (χ1v) is 7.63. The van der Waals surface area contributed by atoms with E-state index in [2.05, 4.69) is 10.8 Å². The lowest BCUT2D eigenvalue weighted by molar-refractivity contribution is 0.0492. The summed E-state index contributed by atoms with van der Waals surface area (Å²) >= 11 is 0.